The van der Waals surface area contributed by atoms with Gasteiger partial charge in [-0.25, -0.2) is 8.42 Å². The first kappa shape index (κ1) is 13.8. The van der Waals surface area contributed by atoms with Gasteiger partial charge < -0.3 is 9.32 Å². The van der Waals surface area contributed by atoms with Gasteiger partial charge in [0.1, 0.15) is 0 Å². The van der Waals surface area contributed by atoms with Crippen LogP contribution in [-0.2, 0) is 9.84 Å². The van der Waals surface area contributed by atoms with Gasteiger partial charge in [0, 0.05) is 0 Å². The summed E-state index contributed by atoms with van der Waals surface area (Å²) in [6.07, 6.45) is 0.594. The second-order valence-electron chi connectivity index (χ2n) is 4.81. The summed E-state index contributed by atoms with van der Waals surface area (Å²) >= 11 is 1.52. The number of nitrogens with zero attached hydrogens (tertiary/aromatic N) is 2. The van der Waals surface area contributed by atoms with Crippen LogP contribution in [0.3, 0.4) is 0 Å². The van der Waals surface area contributed by atoms with E-state index in [0.717, 1.165) is 12.3 Å². The molecule has 2 heterocycles. The van der Waals surface area contributed by atoms with E-state index in [2.05, 4.69) is 24.3 Å². The Hall–Kier alpha value is -0.600. The van der Waals surface area contributed by atoms with Gasteiger partial charge in [-0.05, 0) is 6.42 Å². The largest absolute Gasteiger partial charge is 0.416 e. The highest BCUT2D eigenvalue weighted by Crippen LogP contribution is 2.29. The van der Waals surface area contributed by atoms with E-state index < -0.39 is 9.84 Å². The van der Waals surface area contributed by atoms with Crippen molar-refractivity contribution in [3.05, 3.63) is 5.89 Å². The molecular weight excluding hydrogens is 274 g/mol. The second kappa shape index (κ2) is 5.58. The molecule has 2 rings (SSSR count). The number of rotatable bonds is 5. The van der Waals surface area contributed by atoms with Crippen LogP contribution < -0.4 is 4.90 Å². The Morgan fingerprint density at radius 1 is 1.44 bits per heavy atom. The van der Waals surface area contributed by atoms with Gasteiger partial charge in [-0.2, -0.15) is 0 Å². The summed E-state index contributed by atoms with van der Waals surface area (Å²) in [6, 6.07) is 0. The van der Waals surface area contributed by atoms with E-state index in [0.29, 0.717) is 17.5 Å². The van der Waals surface area contributed by atoms with E-state index in [1.807, 2.05) is 0 Å². The lowest BCUT2D eigenvalue weighted by Crippen LogP contribution is -3.06. The lowest BCUT2D eigenvalue weighted by Gasteiger charge is -2.04. The molecule has 1 aromatic rings. The molecule has 0 radical (unpaired) electrons. The maximum absolute atomic E-state index is 11.4. The monoisotopic (exact) mass is 292 g/mol. The molecule has 1 aliphatic rings. The fourth-order valence-corrected chi connectivity index (χ4v) is 4.44. The van der Waals surface area contributed by atoms with Gasteiger partial charge in [0.05, 0.1) is 43.8 Å². The van der Waals surface area contributed by atoms with Crippen LogP contribution in [-0.4, -0.2) is 56.5 Å². The Morgan fingerprint density at radius 2 is 2.22 bits per heavy atom. The minimum atomic E-state index is -2.90. The number of sulfone groups is 1. The Morgan fingerprint density at radius 3 is 2.83 bits per heavy atom. The maximum atomic E-state index is 11.4. The lowest BCUT2D eigenvalue weighted by atomic mass is 10.1. The quantitative estimate of drug-likeness (QED) is 0.717. The van der Waals surface area contributed by atoms with Crippen molar-refractivity contribution in [2.24, 2.45) is 0 Å². The van der Waals surface area contributed by atoms with Crippen LogP contribution in [0.2, 0.25) is 0 Å². The topological polar surface area (TPSA) is 77.5 Å². The number of hydrogen-bond donors (Lipinski definition) is 1. The van der Waals surface area contributed by atoms with E-state index in [1.54, 1.807) is 0 Å². The molecular formula is C10H18N3O3S2+. The van der Waals surface area contributed by atoms with Crippen molar-refractivity contribution in [1.29, 1.82) is 0 Å². The van der Waals surface area contributed by atoms with Crippen LogP contribution in [0.5, 0.6) is 0 Å². The van der Waals surface area contributed by atoms with Crippen molar-refractivity contribution in [3.8, 4) is 0 Å². The molecule has 1 aromatic heterocycles. The van der Waals surface area contributed by atoms with E-state index in [4.69, 9.17) is 4.42 Å². The summed E-state index contributed by atoms with van der Waals surface area (Å²) in [4.78, 5) is 1.36. The molecule has 0 saturated carbocycles. The average molecular weight is 292 g/mol. The van der Waals surface area contributed by atoms with Gasteiger partial charge in [-0.15, -0.1) is 10.2 Å². The zero-order valence-electron chi connectivity index (χ0n) is 10.5. The molecule has 1 N–H and O–H groups in total. The Labute approximate surface area is 111 Å². The lowest BCUT2D eigenvalue weighted by molar-refractivity contribution is -0.855. The molecule has 1 fully saturated rings. The highest BCUT2D eigenvalue weighted by atomic mass is 32.2. The van der Waals surface area contributed by atoms with Gasteiger partial charge in [0.25, 0.3) is 5.22 Å². The van der Waals surface area contributed by atoms with Crippen molar-refractivity contribution in [3.63, 3.8) is 0 Å². The van der Waals surface area contributed by atoms with E-state index >= 15 is 0 Å². The van der Waals surface area contributed by atoms with Crippen molar-refractivity contribution in [1.82, 2.24) is 10.2 Å². The van der Waals surface area contributed by atoms with Crippen LogP contribution in [0.15, 0.2) is 9.64 Å². The van der Waals surface area contributed by atoms with E-state index in [9.17, 15) is 8.42 Å². The van der Waals surface area contributed by atoms with Gasteiger partial charge in [0.15, 0.2) is 9.84 Å². The highest BCUT2D eigenvalue weighted by molar-refractivity contribution is 7.99. The van der Waals surface area contributed by atoms with Gasteiger partial charge in [-0.1, -0.05) is 11.8 Å². The molecule has 0 amide bonds. The fraction of sp³-hybridized carbons (Fsp3) is 0.800. The van der Waals surface area contributed by atoms with Crippen LogP contribution in [0.4, 0.5) is 0 Å². The molecule has 1 aliphatic heterocycles. The average Bonchev–Trinajstić information content (AvgIpc) is 2.84. The summed E-state index contributed by atoms with van der Waals surface area (Å²) < 4.78 is 28.3. The number of nitrogens with one attached hydrogen (secondary N) is 1. The number of thioether (sulfide) groups is 1. The Bertz CT molecular complexity index is 498. The fourth-order valence-electron chi connectivity index (χ4n) is 1.78. The number of quaternary nitrogens is 1. The minimum Gasteiger partial charge on any atom is -0.416 e. The molecule has 0 spiro atoms. The van der Waals surface area contributed by atoms with E-state index in [1.165, 1.54) is 16.7 Å². The van der Waals surface area contributed by atoms with Gasteiger partial charge in [0.2, 0.25) is 5.89 Å². The van der Waals surface area contributed by atoms with Gasteiger partial charge in [-0.3, -0.25) is 0 Å². The van der Waals surface area contributed by atoms with Crippen LogP contribution in [0.1, 0.15) is 18.2 Å². The molecule has 0 aromatic carbocycles. The third kappa shape index (κ3) is 3.69. The van der Waals surface area contributed by atoms with Gasteiger partial charge >= 0.3 is 0 Å². The normalized spacial score (nSPS) is 22.7. The molecule has 0 aliphatic carbocycles. The number of hydrogen-bond acceptors (Lipinski definition) is 6. The predicted octanol–water partition coefficient (Wildman–Crippen LogP) is -0.792. The SMILES string of the molecule is C[NH+](C)CCSc1nnc([C@@H]2CCS(=O)(=O)C2)o1. The van der Waals surface area contributed by atoms with Crippen LogP contribution >= 0.6 is 11.8 Å². The summed E-state index contributed by atoms with van der Waals surface area (Å²) in [6.45, 7) is 1.01. The highest BCUT2D eigenvalue weighted by Gasteiger charge is 2.32. The first-order valence-corrected chi connectivity index (χ1v) is 8.72. The predicted molar refractivity (Wildman–Crippen MR) is 68.7 cm³/mol. The molecule has 102 valence electrons. The third-order valence-corrected chi connectivity index (χ3v) is 5.42. The van der Waals surface area contributed by atoms with Crippen molar-refractivity contribution in [2.75, 3.05) is 37.9 Å². The summed E-state index contributed by atoms with van der Waals surface area (Å²) in [5, 5.41) is 8.44. The van der Waals surface area contributed by atoms with Crippen LogP contribution in [0.25, 0.3) is 0 Å². The molecule has 0 unspecified atom stereocenters. The first-order chi connectivity index (χ1) is 8.46. The van der Waals surface area contributed by atoms with E-state index in [-0.39, 0.29) is 17.4 Å². The van der Waals surface area contributed by atoms with Crippen molar-refractivity contribution in [2.45, 2.75) is 17.6 Å². The molecule has 8 heteroatoms. The zero-order chi connectivity index (χ0) is 13.2. The third-order valence-electron chi connectivity index (χ3n) is 2.83. The minimum absolute atomic E-state index is 0.115. The standard InChI is InChI=1S/C10H17N3O3S2/c1-13(2)4-5-17-10-12-11-9(16-10)8-3-6-18(14,15)7-8/h8H,3-7H2,1-2H3/p+1/t8-/m1/s1. The summed E-state index contributed by atoms with van der Waals surface area (Å²) in [5.74, 6) is 1.63. The van der Waals surface area contributed by atoms with Crippen LogP contribution in [0, 0.1) is 0 Å². The first-order valence-electron chi connectivity index (χ1n) is 5.92. The molecule has 6 nitrogen and oxygen atoms in total. The second-order valence-corrected chi connectivity index (χ2v) is 8.09. The summed E-state index contributed by atoms with van der Waals surface area (Å²) in [5.41, 5.74) is 0. The molecule has 1 atom stereocenters. The Balaban J connectivity index is 1.90. The summed E-state index contributed by atoms with van der Waals surface area (Å²) in [7, 11) is 1.27. The van der Waals surface area contributed by atoms with Crippen molar-refractivity contribution < 1.29 is 17.7 Å². The van der Waals surface area contributed by atoms with Crippen molar-refractivity contribution >= 4 is 21.6 Å². The molecule has 18 heavy (non-hydrogen) atoms. The Kier molecular flexibility index (Phi) is 4.29. The zero-order valence-corrected chi connectivity index (χ0v) is 12.2. The molecule has 1 saturated heterocycles. The maximum Gasteiger partial charge on any atom is 0.276 e. The molecule has 0 bridgehead atoms. The smallest absolute Gasteiger partial charge is 0.276 e. The number of aromatic nitrogens is 2.